The summed E-state index contributed by atoms with van der Waals surface area (Å²) in [6.07, 6.45) is 2.70. The lowest BCUT2D eigenvalue weighted by Crippen LogP contribution is -2.41. The van der Waals surface area contributed by atoms with E-state index < -0.39 is 6.10 Å². The number of benzene rings is 2. The van der Waals surface area contributed by atoms with Crippen LogP contribution in [0.3, 0.4) is 0 Å². The summed E-state index contributed by atoms with van der Waals surface area (Å²) < 4.78 is 5.97. The Hall–Kier alpha value is -2.53. The molecule has 5 nitrogen and oxygen atoms in total. The molecule has 5 heteroatoms. The standard InChI is InChI=1S/C23H31N3O2/c1-2-24-23(26-16-21(27)14-18-8-4-3-5-9-18)25-15-20-10-6-7-11-22(20)28-17-19-12-13-19/h3-11,19,21,27H,2,12-17H2,1H3,(H2,24,25,26). The molecule has 1 fully saturated rings. The maximum absolute atomic E-state index is 10.3. The molecule has 1 aliphatic rings. The molecular formula is C23H31N3O2. The number of aliphatic hydroxyl groups is 1. The molecule has 3 rings (SSSR count). The van der Waals surface area contributed by atoms with Gasteiger partial charge in [-0.05, 0) is 37.3 Å². The van der Waals surface area contributed by atoms with Gasteiger partial charge >= 0.3 is 0 Å². The van der Waals surface area contributed by atoms with E-state index in [1.807, 2.05) is 55.5 Å². The topological polar surface area (TPSA) is 65.9 Å². The third-order valence-corrected chi connectivity index (χ3v) is 4.72. The van der Waals surface area contributed by atoms with E-state index in [0.29, 0.717) is 25.5 Å². The third-order valence-electron chi connectivity index (χ3n) is 4.72. The first kappa shape index (κ1) is 20.2. The lowest BCUT2D eigenvalue weighted by molar-refractivity contribution is 0.177. The van der Waals surface area contributed by atoms with Crippen molar-refractivity contribution in [3.8, 4) is 5.75 Å². The largest absolute Gasteiger partial charge is 0.493 e. The lowest BCUT2D eigenvalue weighted by atomic mass is 10.1. The van der Waals surface area contributed by atoms with Crippen LogP contribution in [-0.4, -0.2) is 36.9 Å². The van der Waals surface area contributed by atoms with Gasteiger partial charge < -0.3 is 20.5 Å². The van der Waals surface area contributed by atoms with Crippen LogP contribution in [0.5, 0.6) is 5.75 Å². The van der Waals surface area contributed by atoms with Gasteiger partial charge in [-0.25, -0.2) is 4.99 Å². The number of para-hydroxylation sites is 1. The minimum absolute atomic E-state index is 0.445. The Balaban J connectivity index is 1.53. The zero-order valence-corrected chi connectivity index (χ0v) is 16.6. The number of rotatable bonds is 10. The van der Waals surface area contributed by atoms with Crippen molar-refractivity contribution in [3.05, 3.63) is 65.7 Å². The summed E-state index contributed by atoms with van der Waals surface area (Å²) in [5.41, 5.74) is 2.20. The Bertz CT molecular complexity index is 745. The van der Waals surface area contributed by atoms with Crippen LogP contribution < -0.4 is 15.4 Å². The third kappa shape index (κ3) is 6.89. The molecular weight excluding hydrogens is 350 g/mol. The zero-order valence-electron chi connectivity index (χ0n) is 16.6. The van der Waals surface area contributed by atoms with Crippen molar-refractivity contribution in [3.63, 3.8) is 0 Å². The van der Waals surface area contributed by atoms with Crippen LogP contribution in [0.25, 0.3) is 0 Å². The number of guanidine groups is 1. The number of ether oxygens (including phenoxy) is 1. The monoisotopic (exact) mass is 381 g/mol. The predicted molar refractivity (Wildman–Crippen MR) is 114 cm³/mol. The Morgan fingerprint density at radius 3 is 2.61 bits per heavy atom. The fourth-order valence-corrected chi connectivity index (χ4v) is 2.95. The molecule has 3 N–H and O–H groups in total. The predicted octanol–water partition coefficient (Wildman–Crippen LogP) is 3.13. The summed E-state index contributed by atoms with van der Waals surface area (Å²) >= 11 is 0. The molecule has 0 heterocycles. The number of aliphatic imine (C=N–C) groups is 1. The molecule has 1 aliphatic carbocycles. The Labute approximate surface area is 167 Å². The van der Waals surface area contributed by atoms with Crippen LogP contribution in [0.4, 0.5) is 0 Å². The van der Waals surface area contributed by atoms with Gasteiger partial charge in [-0.15, -0.1) is 0 Å². The number of aliphatic hydroxyl groups excluding tert-OH is 1. The highest BCUT2D eigenvalue weighted by Gasteiger charge is 2.22. The van der Waals surface area contributed by atoms with Gasteiger partial charge in [0.25, 0.3) is 0 Å². The molecule has 1 unspecified atom stereocenters. The van der Waals surface area contributed by atoms with Crippen LogP contribution in [-0.2, 0) is 13.0 Å². The summed E-state index contributed by atoms with van der Waals surface area (Å²) in [6, 6.07) is 18.1. The molecule has 0 aliphatic heterocycles. The molecule has 0 amide bonds. The average molecular weight is 382 g/mol. The van der Waals surface area contributed by atoms with Gasteiger partial charge in [0, 0.05) is 25.1 Å². The molecule has 2 aromatic carbocycles. The Morgan fingerprint density at radius 2 is 1.86 bits per heavy atom. The second-order valence-corrected chi connectivity index (χ2v) is 7.28. The Kier molecular flexibility index (Phi) is 7.73. The number of hydrogen-bond donors (Lipinski definition) is 3. The van der Waals surface area contributed by atoms with E-state index in [1.54, 1.807) is 0 Å². The van der Waals surface area contributed by atoms with E-state index in [0.717, 1.165) is 35.9 Å². The van der Waals surface area contributed by atoms with Crippen molar-refractivity contribution in [2.45, 2.75) is 38.8 Å². The summed E-state index contributed by atoms with van der Waals surface area (Å²) in [6.45, 7) is 4.57. The van der Waals surface area contributed by atoms with Gasteiger partial charge in [0.1, 0.15) is 5.75 Å². The average Bonchev–Trinajstić information content (AvgIpc) is 3.54. The van der Waals surface area contributed by atoms with E-state index in [4.69, 9.17) is 4.74 Å². The summed E-state index contributed by atoms with van der Waals surface area (Å²) in [7, 11) is 0. The molecule has 0 aromatic heterocycles. The molecule has 1 atom stereocenters. The smallest absolute Gasteiger partial charge is 0.191 e. The van der Waals surface area contributed by atoms with Crippen molar-refractivity contribution in [1.29, 1.82) is 0 Å². The lowest BCUT2D eigenvalue weighted by Gasteiger charge is -2.16. The summed E-state index contributed by atoms with van der Waals surface area (Å²) in [5, 5.41) is 16.8. The fourth-order valence-electron chi connectivity index (χ4n) is 2.95. The maximum Gasteiger partial charge on any atom is 0.191 e. The molecule has 0 radical (unpaired) electrons. The summed E-state index contributed by atoms with van der Waals surface area (Å²) in [5.74, 6) is 2.34. The first-order chi connectivity index (χ1) is 13.7. The van der Waals surface area contributed by atoms with Crippen LogP contribution in [0, 0.1) is 5.92 Å². The quantitative estimate of drug-likeness (QED) is 0.437. The van der Waals surface area contributed by atoms with Crippen molar-refractivity contribution < 1.29 is 9.84 Å². The highest BCUT2D eigenvalue weighted by atomic mass is 16.5. The maximum atomic E-state index is 10.3. The molecule has 0 saturated heterocycles. The molecule has 0 bridgehead atoms. The Morgan fingerprint density at radius 1 is 1.11 bits per heavy atom. The van der Waals surface area contributed by atoms with E-state index in [1.165, 1.54) is 12.8 Å². The van der Waals surface area contributed by atoms with Gasteiger partial charge in [0.05, 0.1) is 19.3 Å². The van der Waals surface area contributed by atoms with Crippen molar-refractivity contribution >= 4 is 5.96 Å². The highest BCUT2D eigenvalue weighted by Crippen LogP contribution is 2.30. The van der Waals surface area contributed by atoms with Crippen molar-refractivity contribution in [2.24, 2.45) is 10.9 Å². The van der Waals surface area contributed by atoms with Gasteiger partial charge in [-0.3, -0.25) is 0 Å². The minimum Gasteiger partial charge on any atom is -0.493 e. The van der Waals surface area contributed by atoms with Crippen LogP contribution in [0.15, 0.2) is 59.6 Å². The number of nitrogens with one attached hydrogen (secondary N) is 2. The van der Waals surface area contributed by atoms with Gasteiger partial charge in [0.15, 0.2) is 5.96 Å². The second kappa shape index (κ2) is 10.7. The first-order valence-electron chi connectivity index (χ1n) is 10.2. The van der Waals surface area contributed by atoms with Gasteiger partial charge in [-0.1, -0.05) is 48.5 Å². The molecule has 2 aromatic rings. The molecule has 150 valence electrons. The SMILES string of the molecule is CCNC(=NCc1ccccc1OCC1CC1)NCC(O)Cc1ccccc1. The second-order valence-electron chi connectivity index (χ2n) is 7.28. The first-order valence-corrected chi connectivity index (χ1v) is 10.2. The van der Waals surface area contributed by atoms with Gasteiger partial charge in [-0.2, -0.15) is 0 Å². The molecule has 1 saturated carbocycles. The highest BCUT2D eigenvalue weighted by molar-refractivity contribution is 5.79. The molecule has 28 heavy (non-hydrogen) atoms. The fraction of sp³-hybridized carbons (Fsp3) is 0.435. The van der Waals surface area contributed by atoms with E-state index in [2.05, 4.69) is 21.7 Å². The van der Waals surface area contributed by atoms with Crippen LogP contribution >= 0.6 is 0 Å². The van der Waals surface area contributed by atoms with Crippen molar-refractivity contribution in [2.75, 3.05) is 19.7 Å². The van der Waals surface area contributed by atoms with E-state index in [-0.39, 0.29) is 0 Å². The van der Waals surface area contributed by atoms with E-state index >= 15 is 0 Å². The van der Waals surface area contributed by atoms with Crippen LogP contribution in [0.1, 0.15) is 30.9 Å². The van der Waals surface area contributed by atoms with Gasteiger partial charge in [0.2, 0.25) is 0 Å². The van der Waals surface area contributed by atoms with Crippen molar-refractivity contribution in [1.82, 2.24) is 10.6 Å². The summed E-state index contributed by atoms with van der Waals surface area (Å²) in [4.78, 5) is 4.67. The molecule has 0 spiro atoms. The zero-order chi connectivity index (χ0) is 19.6. The minimum atomic E-state index is -0.472. The van der Waals surface area contributed by atoms with Crippen LogP contribution in [0.2, 0.25) is 0 Å². The number of hydrogen-bond acceptors (Lipinski definition) is 3. The van der Waals surface area contributed by atoms with E-state index in [9.17, 15) is 5.11 Å². The normalized spacial score (nSPS) is 15.1. The number of nitrogens with zero attached hydrogens (tertiary/aromatic N) is 1.